The maximum Gasteiger partial charge on any atom is 0.243 e. The molecule has 0 spiro atoms. The highest BCUT2D eigenvalue weighted by atomic mass is 32.2. The number of rotatable bonds is 9. The highest BCUT2D eigenvalue weighted by molar-refractivity contribution is 7.89. The van der Waals surface area contributed by atoms with Gasteiger partial charge in [0, 0.05) is 19.5 Å². The minimum atomic E-state index is -3.66. The maximum atomic E-state index is 12.8. The van der Waals surface area contributed by atoms with Crippen LogP contribution in [0.4, 0.5) is 5.69 Å². The molecule has 0 bridgehead atoms. The smallest absolute Gasteiger partial charge is 0.243 e. The number of nitrogens with one attached hydrogen (secondary N) is 1. The fourth-order valence-electron chi connectivity index (χ4n) is 3.60. The van der Waals surface area contributed by atoms with Crippen molar-refractivity contribution >= 4 is 21.6 Å². The lowest BCUT2D eigenvalue weighted by Gasteiger charge is -2.17. The average Bonchev–Trinajstić information content (AvgIpc) is 3.34. The largest absolute Gasteiger partial charge is 0.506 e. The van der Waals surface area contributed by atoms with Crippen LogP contribution >= 0.6 is 0 Å². The van der Waals surface area contributed by atoms with Crippen LogP contribution in [0.2, 0.25) is 0 Å². The molecule has 0 aromatic heterocycles. The Kier molecular flexibility index (Phi) is 7.47. The number of carbonyl (C=O) groups is 1. The average molecular weight is 465 g/mol. The highest BCUT2D eigenvalue weighted by Crippen LogP contribution is 2.38. The van der Waals surface area contributed by atoms with E-state index in [9.17, 15) is 18.3 Å². The molecular weight excluding hydrogens is 436 g/mol. The quantitative estimate of drug-likeness (QED) is 0.549. The minimum absolute atomic E-state index is 0.0390. The van der Waals surface area contributed by atoms with Gasteiger partial charge in [0.25, 0.3) is 0 Å². The molecule has 0 atom stereocenters. The topological polar surface area (TPSA) is 114 Å². The number of aryl methyl sites for hydroxylation is 1. The SMILES string of the molecule is COc1cc(CCC(=O)Nc2cc(S(=O)(=O)N3CCCC3)ccc2O)cc(OC)c1OC. The Morgan fingerprint density at radius 1 is 1.03 bits per heavy atom. The molecule has 2 aromatic carbocycles. The molecule has 0 unspecified atom stereocenters. The fourth-order valence-corrected chi connectivity index (χ4v) is 5.15. The van der Waals surface area contributed by atoms with Crippen molar-refractivity contribution in [1.82, 2.24) is 4.31 Å². The Labute approximate surface area is 187 Å². The Balaban J connectivity index is 1.72. The predicted octanol–water partition coefficient (Wildman–Crippen LogP) is 2.77. The zero-order valence-electron chi connectivity index (χ0n) is 18.4. The molecule has 1 amide bonds. The van der Waals surface area contributed by atoms with Gasteiger partial charge < -0.3 is 24.6 Å². The number of aromatic hydroxyl groups is 1. The van der Waals surface area contributed by atoms with E-state index in [1.54, 1.807) is 12.1 Å². The molecule has 1 fully saturated rings. The number of phenolic OH excluding ortho intramolecular Hbond substituents is 1. The Morgan fingerprint density at radius 3 is 2.22 bits per heavy atom. The number of hydrogen-bond donors (Lipinski definition) is 2. The molecule has 1 aliphatic heterocycles. The van der Waals surface area contributed by atoms with Crippen molar-refractivity contribution in [3.05, 3.63) is 35.9 Å². The molecule has 0 radical (unpaired) electrons. The molecule has 1 aliphatic rings. The number of anilines is 1. The summed E-state index contributed by atoms with van der Waals surface area (Å²) >= 11 is 0. The van der Waals surface area contributed by atoms with Crippen molar-refractivity contribution in [1.29, 1.82) is 0 Å². The summed E-state index contributed by atoms with van der Waals surface area (Å²) in [5.74, 6) is 0.861. The number of hydrogen-bond acceptors (Lipinski definition) is 7. The zero-order chi connectivity index (χ0) is 23.3. The van der Waals surface area contributed by atoms with Gasteiger partial charge in [-0.2, -0.15) is 4.31 Å². The van der Waals surface area contributed by atoms with Gasteiger partial charge in [-0.05, 0) is 55.2 Å². The number of ether oxygens (including phenoxy) is 3. The van der Waals surface area contributed by atoms with Gasteiger partial charge in [-0.3, -0.25) is 4.79 Å². The van der Waals surface area contributed by atoms with Crippen LogP contribution < -0.4 is 19.5 Å². The molecule has 2 aromatic rings. The van der Waals surface area contributed by atoms with E-state index in [1.807, 2.05) is 0 Å². The molecule has 0 aliphatic carbocycles. The molecule has 10 heteroatoms. The van der Waals surface area contributed by atoms with Gasteiger partial charge in [-0.25, -0.2) is 8.42 Å². The van der Waals surface area contributed by atoms with Crippen molar-refractivity contribution in [2.24, 2.45) is 0 Å². The molecule has 2 N–H and O–H groups in total. The lowest BCUT2D eigenvalue weighted by molar-refractivity contribution is -0.116. The molecule has 1 heterocycles. The number of carbonyl (C=O) groups excluding carboxylic acids is 1. The summed E-state index contributed by atoms with van der Waals surface area (Å²) in [6, 6.07) is 7.43. The van der Waals surface area contributed by atoms with Crippen LogP contribution in [0.25, 0.3) is 0 Å². The van der Waals surface area contributed by atoms with E-state index < -0.39 is 10.0 Å². The van der Waals surface area contributed by atoms with Crippen molar-refractivity contribution in [3.8, 4) is 23.0 Å². The summed E-state index contributed by atoms with van der Waals surface area (Å²) in [6.07, 6.45) is 2.11. The highest BCUT2D eigenvalue weighted by Gasteiger charge is 2.28. The van der Waals surface area contributed by atoms with Gasteiger partial charge in [0.15, 0.2) is 11.5 Å². The monoisotopic (exact) mass is 464 g/mol. The number of nitrogens with zero attached hydrogens (tertiary/aromatic N) is 1. The molecule has 3 rings (SSSR count). The summed E-state index contributed by atoms with van der Waals surface area (Å²) < 4.78 is 42.9. The first-order chi connectivity index (χ1) is 15.3. The number of sulfonamides is 1. The van der Waals surface area contributed by atoms with Crippen LogP contribution in [0.5, 0.6) is 23.0 Å². The second-order valence-corrected chi connectivity index (χ2v) is 9.31. The van der Waals surface area contributed by atoms with Gasteiger partial charge in [0.2, 0.25) is 21.7 Å². The molecule has 32 heavy (non-hydrogen) atoms. The molecule has 1 saturated heterocycles. The van der Waals surface area contributed by atoms with Crippen LogP contribution in [0.3, 0.4) is 0 Å². The summed E-state index contributed by atoms with van der Waals surface area (Å²) in [6.45, 7) is 0.944. The minimum Gasteiger partial charge on any atom is -0.506 e. The maximum absolute atomic E-state index is 12.8. The lowest BCUT2D eigenvalue weighted by Crippen LogP contribution is -2.28. The van der Waals surface area contributed by atoms with Crippen molar-refractivity contribution in [3.63, 3.8) is 0 Å². The van der Waals surface area contributed by atoms with Gasteiger partial charge in [-0.1, -0.05) is 0 Å². The normalized spacial score (nSPS) is 14.2. The predicted molar refractivity (Wildman–Crippen MR) is 119 cm³/mol. The molecule has 9 nitrogen and oxygen atoms in total. The van der Waals surface area contributed by atoms with Crippen molar-refractivity contribution in [2.75, 3.05) is 39.7 Å². The van der Waals surface area contributed by atoms with Gasteiger partial charge in [0.05, 0.1) is 31.9 Å². The Bertz CT molecular complexity index is 1050. The second-order valence-electron chi connectivity index (χ2n) is 7.37. The third-order valence-corrected chi connectivity index (χ3v) is 7.20. The number of phenols is 1. The Morgan fingerprint density at radius 2 is 1.66 bits per heavy atom. The molecule has 0 saturated carbocycles. The van der Waals surface area contributed by atoms with Crippen molar-refractivity contribution in [2.45, 2.75) is 30.6 Å². The first-order valence-electron chi connectivity index (χ1n) is 10.2. The van der Waals surface area contributed by atoms with E-state index in [0.717, 1.165) is 18.4 Å². The van der Waals surface area contributed by atoms with E-state index in [0.29, 0.717) is 36.8 Å². The summed E-state index contributed by atoms with van der Waals surface area (Å²) in [4.78, 5) is 12.6. The van der Waals surface area contributed by atoms with E-state index in [-0.39, 0.29) is 28.7 Å². The van der Waals surface area contributed by atoms with E-state index in [2.05, 4.69) is 5.32 Å². The first kappa shape index (κ1) is 23.7. The van der Waals surface area contributed by atoms with Gasteiger partial charge in [-0.15, -0.1) is 0 Å². The number of amides is 1. The van der Waals surface area contributed by atoms with E-state index in [4.69, 9.17) is 14.2 Å². The number of methoxy groups -OCH3 is 3. The Hall–Kier alpha value is -2.98. The second kappa shape index (κ2) is 10.1. The van der Waals surface area contributed by atoms with Crippen molar-refractivity contribution < 1.29 is 32.5 Å². The van der Waals surface area contributed by atoms with Crippen LogP contribution in [0.15, 0.2) is 35.2 Å². The fraction of sp³-hybridized carbons (Fsp3) is 0.409. The third kappa shape index (κ3) is 5.08. The van der Waals surface area contributed by atoms with Gasteiger partial charge in [0.1, 0.15) is 5.75 Å². The summed E-state index contributed by atoms with van der Waals surface area (Å²) in [7, 11) is 0.879. The van der Waals surface area contributed by atoms with Gasteiger partial charge >= 0.3 is 0 Å². The molecule has 174 valence electrons. The first-order valence-corrected chi connectivity index (χ1v) is 11.7. The zero-order valence-corrected chi connectivity index (χ0v) is 19.2. The third-order valence-electron chi connectivity index (χ3n) is 5.31. The number of benzene rings is 2. The van der Waals surface area contributed by atoms with Crippen LogP contribution in [-0.4, -0.2) is 58.2 Å². The van der Waals surface area contributed by atoms with Crippen LogP contribution in [-0.2, 0) is 21.2 Å². The van der Waals surface area contributed by atoms with E-state index >= 15 is 0 Å². The van der Waals surface area contributed by atoms with Crippen LogP contribution in [0, 0.1) is 0 Å². The standard InChI is InChI=1S/C22H28N2O7S/c1-29-19-12-15(13-20(30-2)22(19)31-3)6-9-21(26)23-17-14-16(7-8-18(17)25)32(27,28)24-10-4-5-11-24/h7-8,12-14,25H,4-6,9-11H2,1-3H3,(H,23,26). The summed E-state index contributed by atoms with van der Waals surface area (Å²) in [5, 5.41) is 12.7. The lowest BCUT2D eigenvalue weighted by atomic mass is 10.1. The van der Waals surface area contributed by atoms with E-state index in [1.165, 1.54) is 43.8 Å². The summed E-state index contributed by atoms with van der Waals surface area (Å²) in [5.41, 5.74) is 0.851. The van der Waals surface area contributed by atoms with Crippen LogP contribution in [0.1, 0.15) is 24.8 Å². The molecular formula is C22H28N2O7S.